The van der Waals surface area contributed by atoms with Crippen molar-refractivity contribution < 1.29 is 57.1 Å². The summed E-state index contributed by atoms with van der Waals surface area (Å²) in [5.74, 6) is 0.613. The second kappa shape index (κ2) is 8.68. The van der Waals surface area contributed by atoms with Crippen LogP contribution in [0.2, 0.25) is 0 Å². The van der Waals surface area contributed by atoms with Gasteiger partial charge in [0, 0.05) is 0 Å². The van der Waals surface area contributed by atoms with E-state index in [4.69, 9.17) is 9.47 Å². The molecule has 0 aliphatic rings. The minimum Gasteiger partial charge on any atom is -0.746 e. The summed E-state index contributed by atoms with van der Waals surface area (Å²) in [4.78, 5) is 0. The van der Waals surface area contributed by atoms with Crippen LogP contribution in [0.5, 0.6) is 11.5 Å². The summed E-state index contributed by atoms with van der Waals surface area (Å²) in [6.07, 6.45) is 0. The molecule has 1 N–H and O–H groups in total. The Morgan fingerprint density at radius 2 is 1.78 bits per heavy atom. The molecule has 0 saturated carbocycles. The Labute approximate surface area is 157 Å². The molecule has 0 bridgehead atoms. The second-order valence-electron chi connectivity index (χ2n) is 4.53. The Bertz CT molecular complexity index is 733. The fourth-order valence-corrected chi connectivity index (χ4v) is 2.34. The average molecular weight is 346 g/mol. The average Bonchev–Trinajstić information content (AvgIpc) is 2.52. The molecule has 2 aromatic rings. The monoisotopic (exact) mass is 346 g/mol. The van der Waals surface area contributed by atoms with E-state index in [0.29, 0.717) is 5.75 Å². The Balaban J connectivity index is 0.00000264. The SMILES string of the molecule is COc1ccc(C(O)S(=O)(=O)[O-])cc1OCc1ccccc1.[Na+]. The third-order valence-electron chi connectivity index (χ3n) is 2.98. The van der Waals surface area contributed by atoms with Crippen LogP contribution in [-0.2, 0) is 16.7 Å². The number of aliphatic hydroxyl groups excluding tert-OH is 1. The number of ether oxygens (including phenoxy) is 2. The van der Waals surface area contributed by atoms with Crippen molar-refractivity contribution in [1.29, 1.82) is 0 Å². The molecule has 8 heteroatoms. The van der Waals surface area contributed by atoms with E-state index in [1.54, 1.807) is 0 Å². The van der Waals surface area contributed by atoms with Gasteiger partial charge in [-0.2, -0.15) is 0 Å². The van der Waals surface area contributed by atoms with Crippen molar-refractivity contribution >= 4 is 10.1 Å². The third-order valence-corrected chi connectivity index (χ3v) is 3.80. The fourth-order valence-electron chi connectivity index (χ4n) is 1.86. The molecule has 0 amide bonds. The van der Waals surface area contributed by atoms with Gasteiger partial charge < -0.3 is 19.1 Å². The number of benzene rings is 2. The molecule has 23 heavy (non-hydrogen) atoms. The molecule has 6 nitrogen and oxygen atoms in total. The molecule has 0 aliphatic heterocycles. The summed E-state index contributed by atoms with van der Waals surface area (Å²) in [6, 6.07) is 13.3. The second-order valence-corrected chi connectivity index (χ2v) is 5.96. The van der Waals surface area contributed by atoms with Crippen molar-refractivity contribution in [3.8, 4) is 11.5 Å². The van der Waals surface area contributed by atoms with E-state index in [1.165, 1.54) is 25.3 Å². The Hall–Kier alpha value is -1.09. The van der Waals surface area contributed by atoms with Gasteiger partial charge in [-0.3, -0.25) is 0 Å². The number of hydrogen-bond acceptors (Lipinski definition) is 6. The maximum Gasteiger partial charge on any atom is 1.00 e. The van der Waals surface area contributed by atoms with Crippen LogP contribution in [0.25, 0.3) is 0 Å². The first kappa shape index (κ1) is 20.0. The predicted molar refractivity (Wildman–Crippen MR) is 78.4 cm³/mol. The third kappa shape index (κ3) is 5.49. The van der Waals surface area contributed by atoms with Gasteiger partial charge in [-0.15, -0.1) is 0 Å². The summed E-state index contributed by atoms with van der Waals surface area (Å²) < 4.78 is 43.4. The Kier molecular flexibility index (Phi) is 7.53. The molecule has 0 fully saturated rings. The van der Waals surface area contributed by atoms with Crippen LogP contribution in [0.3, 0.4) is 0 Å². The van der Waals surface area contributed by atoms with Crippen LogP contribution in [0, 0.1) is 0 Å². The van der Waals surface area contributed by atoms with E-state index in [9.17, 15) is 18.1 Å². The Morgan fingerprint density at radius 3 is 2.35 bits per heavy atom. The van der Waals surface area contributed by atoms with E-state index >= 15 is 0 Å². The van der Waals surface area contributed by atoms with Gasteiger partial charge in [0.15, 0.2) is 16.9 Å². The van der Waals surface area contributed by atoms with Crippen molar-refractivity contribution in [2.24, 2.45) is 0 Å². The maximum atomic E-state index is 10.9. The minimum absolute atomic E-state index is 0. The predicted octanol–water partition coefficient (Wildman–Crippen LogP) is -1.19. The van der Waals surface area contributed by atoms with Crippen LogP contribution < -0.4 is 39.0 Å². The van der Waals surface area contributed by atoms with Crippen LogP contribution in [0.15, 0.2) is 48.5 Å². The van der Waals surface area contributed by atoms with E-state index in [-0.39, 0.29) is 47.5 Å². The summed E-state index contributed by atoms with van der Waals surface area (Å²) in [6.45, 7) is 0.237. The smallest absolute Gasteiger partial charge is 0.746 e. The minimum atomic E-state index is -4.85. The molecular weight excluding hydrogens is 331 g/mol. The summed E-state index contributed by atoms with van der Waals surface area (Å²) in [5, 5.41) is 9.53. The van der Waals surface area contributed by atoms with Crippen LogP contribution in [0.4, 0.5) is 0 Å². The van der Waals surface area contributed by atoms with Gasteiger partial charge >= 0.3 is 29.6 Å². The summed E-state index contributed by atoms with van der Waals surface area (Å²) in [5.41, 5.74) is -1.30. The van der Waals surface area contributed by atoms with Crippen molar-refractivity contribution in [2.45, 2.75) is 12.0 Å². The van der Waals surface area contributed by atoms with Gasteiger partial charge in [0.1, 0.15) is 16.7 Å². The van der Waals surface area contributed by atoms with Gasteiger partial charge in [0.05, 0.1) is 7.11 Å². The van der Waals surface area contributed by atoms with Crippen molar-refractivity contribution in [1.82, 2.24) is 0 Å². The zero-order valence-electron chi connectivity index (χ0n) is 12.8. The summed E-state index contributed by atoms with van der Waals surface area (Å²) in [7, 11) is -3.41. The van der Waals surface area contributed by atoms with Crippen molar-refractivity contribution in [3.05, 3.63) is 59.7 Å². The van der Waals surface area contributed by atoms with Gasteiger partial charge in [0.25, 0.3) is 0 Å². The van der Waals surface area contributed by atoms with E-state index in [0.717, 1.165) is 5.56 Å². The fraction of sp³-hybridized carbons (Fsp3) is 0.200. The molecule has 1 unspecified atom stereocenters. The topological polar surface area (TPSA) is 95.9 Å². The molecule has 0 aromatic heterocycles. The van der Waals surface area contributed by atoms with E-state index in [2.05, 4.69) is 0 Å². The zero-order valence-corrected chi connectivity index (χ0v) is 15.6. The normalized spacial score (nSPS) is 12.1. The van der Waals surface area contributed by atoms with E-state index < -0.39 is 15.6 Å². The van der Waals surface area contributed by atoms with Gasteiger partial charge in [-0.05, 0) is 23.3 Å². The number of methoxy groups -OCH3 is 1. The summed E-state index contributed by atoms with van der Waals surface area (Å²) >= 11 is 0. The molecule has 0 saturated heterocycles. The number of aliphatic hydroxyl groups is 1. The van der Waals surface area contributed by atoms with Crippen LogP contribution in [-0.4, -0.2) is 25.2 Å². The largest absolute Gasteiger partial charge is 1.00 e. The molecule has 118 valence electrons. The molecule has 1 atom stereocenters. The van der Waals surface area contributed by atoms with Gasteiger partial charge in [0.2, 0.25) is 0 Å². The molecule has 0 heterocycles. The van der Waals surface area contributed by atoms with E-state index in [1.807, 2.05) is 30.3 Å². The Morgan fingerprint density at radius 1 is 1.13 bits per heavy atom. The molecule has 0 aliphatic carbocycles. The molecule has 0 spiro atoms. The first-order chi connectivity index (χ1) is 10.4. The van der Waals surface area contributed by atoms with Crippen molar-refractivity contribution in [2.75, 3.05) is 7.11 Å². The van der Waals surface area contributed by atoms with Crippen molar-refractivity contribution in [3.63, 3.8) is 0 Å². The van der Waals surface area contributed by atoms with Crippen LogP contribution in [0.1, 0.15) is 16.6 Å². The zero-order chi connectivity index (χ0) is 16.2. The van der Waals surface area contributed by atoms with Gasteiger partial charge in [-0.25, -0.2) is 8.42 Å². The maximum absolute atomic E-state index is 10.9. The number of rotatable bonds is 6. The quantitative estimate of drug-likeness (QED) is 0.522. The molecular formula is C15H15NaO6S. The molecule has 2 aromatic carbocycles. The standard InChI is InChI=1S/C15H16O6S.Na/c1-20-13-8-7-12(15(16)22(17,18)19)9-14(13)21-10-11-5-3-2-4-6-11;/h2-9,15-16H,10H2,1H3,(H,17,18,19);/q;+1/p-1. The first-order valence-electron chi connectivity index (χ1n) is 6.39. The van der Waals surface area contributed by atoms with Gasteiger partial charge in [-0.1, -0.05) is 36.4 Å². The molecule has 2 rings (SSSR count). The first-order valence-corrected chi connectivity index (χ1v) is 7.86. The van der Waals surface area contributed by atoms with Crippen LogP contribution >= 0.6 is 0 Å². The molecule has 0 radical (unpaired) electrons. The number of hydrogen-bond donors (Lipinski definition) is 1.